The molecule has 1 aromatic heterocycles. The number of allylic oxidation sites excluding steroid dienone is 1. The molecule has 8 atom stereocenters. The van der Waals surface area contributed by atoms with Crippen LogP contribution in [0.3, 0.4) is 0 Å². The van der Waals surface area contributed by atoms with Crippen molar-refractivity contribution in [2.75, 3.05) is 13.2 Å². The van der Waals surface area contributed by atoms with Crippen LogP contribution in [0, 0.1) is 28.6 Å². The Labute approximate surface area is 258 Å². The van der Waals surface area contributed by atoms with E-state index in [1.807, 2.05) is 42.1 Å². The average molecular weight is 609 g/mol. The molecular formula is C33H44N4O5S. The molecule has 1 aromatic carbocycles. The van der Waals surface area contributed by atoms with E-state index in [0.717, 1.165) is 55.5 Å². The summed E-state index contributed by atoms with van der Waals surface area (Å²) in [6, 6.07) is 7.45. The summed E-state index contributed by atoms with van der Waals surface area (Å²) in [5.74, 6) is 0.353. The molecule has 2 heterocycles. The second-order valence-electron chi connectivity index (χ2n) is 14.0. The van der Waals surface area contributed by atoms with Gasteiger partial charge in [-0.3, -0.25) is 9.59 Å². The Balaban J connectivity index is 0.00000329. The first-order chi connectivity index (χ1) is 20.0. The zero-order valence-corrected chi connectivity index (χ0v) is 26.0. The summed E-state index contributed by atoms with van der Waals surface area (Å²) in [5.41, 5.74) is 2.45. The Morgan fingerprint density at radius 2 is 1.98 bits per heavy atom. The third-order valence-electron chi connectivity index (χ3n) is 12.1. The van der Waals surface area contributed by atoms with Crippen LogP contribution in [0.4, 0.5) is 0 Å². The number of rotatable bonds is 4. The fourth-order valence-electron chi connectivity index (χ4n) is 9.98. The van der Waals surface area contributed by atoms with Crippen LogP contribution >= 0.6 is 12.6 Å². The molecule has 232 valence electrons. The number of nitrogens with zero attached hydrogens (tertiary/aromatic N) is 3. The number of carbonyl (C=O) groups excluding carboxylic acids is 2. The quantitative estimate of drug-likeness (QED) is 0.330. The number of thiol groups is 1. The maximum absolute atomic E-state index is 13.3. The van der Waals surface area contributed by atoms with E-state index in [-0.39, 0.29) is 47.9 Å². The van der Waals surface area contributed by atoms with Crippen molar-refractivity contribution in [3.05, 3.63) is 52.9 Å². The van der Waals surface area contributed by atoms with Crippen molar-refractivity contribution in [1.82, 2.24) is 20.8 Å². The summed E-state index contributed by atoms with van der Waals surface area (Å²) < 4.78 is 1.92. The van der Waals surface area contributed by atoms with Crippen LogP contribution in [0.1, 0.15) is 80.4 Å². The van der Waals surface area contributed by atoms with Crippen LogP contribution < -0.4 is 6.15 Å². The highest BCUT2D eigenvalue weighted by Gasteiger charge is 2.68. The minimum atomic E-state index is -1.49. The molecule has 0 bridgehead atoms. The molecule has 6 N–H and O–H groups in total. The van der Waals surface area contributed by atoms with Crippen LogP contribution in [0.5, 0.6) is 0 Å². The van der Waals surface area contributed by atoms with Crippen molar-refractivity contribution >= 4 is 29.7 Å². The number of likely N-dealkylation sites (tertiary alicyclic amines) is 1. The lowest BCUT2D eigenvalue weighted by Crippen LogP contribution is -2.61. The molecule has 9 nitrogen and oxygen atoms in total. The summed E-state index contributed by atoms with van der Waals surface area (Å²) in [4.78, 5) is 27.6. The number of carbonyl (C=O) groups is 2. The normalized spacial score (nSPS) is 37.9. The number of amides is 1. The molecule has 0 radical (unpaired) electrons. The van der Waals surface area contributed by atoms with Crippen molar-refractivity contribution in [2.24, 2.45) is 28.6 Å². The number of hydrogen-bond donors (Lipinski definition) is 5. The minimum Gasteiger partial charge on any atom is -0.394 e. The van der Waals surface area contributed by atoms with E-state index >= 15 is 0 Å². The Kier molecular flexibility index (Phi) is 7.49. The van der Waals surface area contributed by atoms with E-state index < -0.39 is 22.2 Å². The summed E-state index contributed by atoms with van der Waals surface area (Å²) in [6.45, 7) is 4.91. The lowest BCUT2D eigenvalue weighted by Gasteiger charge is -2.60. The van der Waals surface area contributed by atoms with Gasteiger partial charge in [0.05, 0.1) is 36.3 Å². The summed E-state index contributed by atoms with van der Waals surface area (Å²) in [6.07, 6.45) is 9.41. The maximum atomic E-state index is 13.3. The van der Waals surface area contributed by atoms with E-state index in [2.05, 4.69) is 25.6 Å². The summed E-state index contributed by atoms with van der Waals surface area (Å²) in [7, 11) is 0. The number of aliphatic hydroxyl groups excluding tert-OH is 2. The third-order valence-corrected chi connectivity index (χ3v) is 12.5. The zero-order chi connectivity index (χ0) is 29.6. The van der Waals surface area contributed by atoms with Crippen LogP contribution in [0.15, 0.2) is 36.0 Å². The van der Waals surface area contributed by atoms with Crippen LogP contribution in [0.25, 0.3) is 11.8 Å². The SMILES string of the molecule is C[C@]12Cc3cnn(-c4cccc(C(=O)N5CCC[C@@H]5CO)c4)c3C=C1CC[C@@H]1[C@@H]2[C@@H](O)C[C@@]2(C)[C@H]1CC[C@]2(O)C(=O)S.N. The Morgan fingerprint density at radius 3 is 2.72 bits per heavy atom. The number of aliphatic hydroxyl groups is 3. The highest BCUT2D eigenvalue weighted by Crippen LogP contribution is 2.67. The fourth-order valence-corrected chi connectivity index (χ4v) is 10.3. The molecule has 43 heavy (non-hydrogen) atoms. The van der Waals surface area contributed by atoms with Crippen molar-refractivity contribution < 1.29 is 24.9 Å². The van der Waals surface area contributed by atoms with Gasteiger partial charge in [-0.05, 0) is 104 Å². The van der Waals surface area contributed by atoms with Gasteiger partial charge in [0.1, 0.15) is 5.60 Å². The highest BCUT2D eigenvalue weighted by atomic mass is 32.1. The van der Waals surface area contributed by atoms with Crippen molar-refractivity contribution in [1.29, 1.82) is 0 Å². The first-order valence-corrected chi connectivity index (χ1v) is 15.9. The molecule has 1 saturated heterocycles. The van der Waals surface area contributed by atoms with Crippen molar-refractivity contribution in [2.45, 2.75) is 83.0 Å². The van der Waals surface area contributed by atoms with Gasteiger partial charge >= 0.3 is 0 Å². The maximum Gasteiger partial charge on any atom is 0.254 e. The molecule has 5 aliphatic rings. The van der Waals surface area contributed by atoms with E-state index in [4.69, 9.17) is 5.10 Å². The van der Waals surface area contributed by atoms with Crippen LogP contribution in [0.2, 0.25) is 0 Å². The van der Waals surface area contributed by atoms with Gasteiger partial charge < -0.3 is 26.4 Å². The predicted octanol–water partition coefficient (Wildman–Crippen LogP) is 3.97. The van der Waals surface area contributed by atoms with Crippen molar-refractivity contribution in [3.63, 3.8) is 0 Å². The van der Waals surface area contributed by atoms with Gasteiger partial charge in [-0.15, -0.1) is 12.6 Å². The molecule has 0 spiro atoms. The van der Waals surface area contributed by atoms with E-state index in [0.29, 0.717) is 24.9 Å². The fraction of sp³-hybridized carbons (Fsp3) is 0.606. The lowest BCUT2D eigenvalue weighted by molar-refractivity contribution is -0.173. The Hall–Kier alpha value is -2.50. The van der Waals surface area contributed by atoms with Gasteiger partial charge in [0.2, 0.25) is 5.12 Å². The number of benzene rings is 1. The monoisotopic (exact) mass is 608 g/mol. The van der Waals surface area contributed by atoms with E-state index in [1.165, 1.54) is 5.57 Å². The molecule has 4 fully saturated rings. The van der Waals surface area contributed by atoms with Gasteiger partial charge in [0.15, 0.2) is 0 Å². The van der Waals surface area contributed by atoms with Gasteiger partial charge in [-0.25, -0.2) is 4.68 Å². The lowest BCUT2D eigenvalue weighted by atomic mass is 9.45. The number of hydrogen-bond acceptors (Lipinski definition) is 7. The van der Waals surface area contributed by atoms with E-state index in [9.17, 15) is 24.9 Å². The summed E-state index contributed by atoms with van der Waals surface area (Å²) >= 11 is 4.08. The number of fused-ring (bicyclic) bond motifs is 6. The summed E-state index contributed by atoms with van der Waals surface area (Å²) in [5, 5.41) is 37.2. The Morgan fingerprint density at radius 1 is 1.19 bits per heavy atom. The molecular weight excluding hydrogens is 564 g/mol. The highest BCUT2D eigenvalue weighted by molar-refractivity contribution is 7.96. The smallest absolute Gasteiger partial charge is 0.254 e. The molecule has 4 aliphatic carbocycles. The van der Waals surface area contributed by atoms with Gasteiger partial charge in [-0.1, -0.05) is 25.5 Å². The van der Waals surface area contributed by atoms with Gasteiger partial charge in [-0.2, -0.15) is 5.10 Å². The van der Waals surface area contributed by atoms with Crippen molar-refractivity contribution in [3.8, 4) is 5.69 Å². The molecule has 2 aromatic rings. The number of aromatic nitrogens is 2. The first kappa shape index (κ1) is 30.5. The second kappa shape index (κ2) is 10.5. The topological polar surface area (TPSA) is 151 Å². The molecule has 1 aliphatic heterocycles. The standard InChI is InChI=1S/C33H41N3O5S.H3N/c1-31-15-20-17-34-36(22-6-3-5-19(13-22)29(39)35-12-4-7-23(35)18-37)26(20)14-21(31)8-9-24-25-10-11-33(41,30(40)42)32(25,2)16-27(38)28(24)31;/h3,5-6,13-14,17,23-25,27-28,37-38,41H,4,7-12,15-16,18H2,1-2H3,(H,40,42);1H3/t23-,24+,25+,27+,28-,31+,32+,33+;/m1./s1. The second-order valence-corrected chi connectivity index (χ2v) is 14.4. The third kappa shape index (κ3) is 4.24. The Bertz CT molecular complexity index is 1490. The average Bonchev–Trinajstić information content (AvgIpc) is 3.67. The molecule has 1 amide bonds. The largest absolute Gasteiger partial charge is 0.394 e. The first-order valence-electron chi connectivity index (χ1n) is 15.5. The molecule has 3 saturated carbocycles. The van der Waals surface area contributed by atoms with Gasteiger partial charge in [0, 0.05) is 17.5 Å². The van der Waals surface area contributed by atoms with Crippen LogP contribution in [-0.4, -0.2) is 71.9 Å². The molecule has 7 rings (SSSR count). The molecule has 0 unspecified atom stereocenters. The van der Waals surface area contributed by atoms with Crippen LogP contribution in [-0.2, 0) is 11.2 Å². The van der Waals surface area contributed by atoms with Gasteiger partial charge in [0.25, 0.3) is 5.91 Å². The van der Waals surface area contributed by atoms with E-state index in [1.54, 1.807) is 4.90 Å². The minimum absolute atomic E-state index is 0. The molecule has 10 heteroatoms. The zero-order valence-electron chi connectivity index (χ0n) is 25.1. The predicted molar refractivity (Wildman–Crippen MR) is 166 cm³/mol.